The van der Waals surface area contributed by atoms with E-state index in [4.69, 9.17) is 0 Å². The van der Waals surface area contributed by atoms with Crippen molar-refractivity contribution in [2.24, 2.45) is 5.92 Å². The summed E-state index contributed by atoms with van der Waals surface area (Å²) in [5.74, 6) is 0.335. The van der Waals surface area contributed by atoms with Gasteiger partial charge < -0.3 is 0 Å². The number of rotatable bonds is 0. The van der Waals surface area contributed by atoms with E-state index in [1.54, 1.807) is 6.07 Å². The Morgan fingerprint density at radius 2 is 2.20 bits per heavy atom. The van der Waals surface area contributed by atoms with Gasteiger partial charge in [-0.25, -0.2) is 13.1 Å². The van der Waals surface area contributed by atoms with E-state index in [0.29, 0.717) is 17.4 Å². The number of hydrogen-bond donors (Lipinski definition) is 1. The first-order valence-corrected chi connectivity index (χ1v) is 7.05. The molecule has 2 rings (SSSR count). The van der Waals surface area contributed by atoms with Crippen LogP contribution in [0.25, 0.3) is 0 Å². The predicted molar refractivity (Wildman–Crippen MR) is 62.2 cm³/mol. The van der Waals surface area contributed by atoms with Crippen molar-refractivity contribution in [1.82, 2.24) is 4.72 Å². The zero-order valence-corrected chi connectivity index (χ0v) is 10.7. The van der Waals surface area contributed by atoms with E-state index in [1.165, 1.54) is 0 Å². The monoisotopic (exact) mass is 289 g/mol. The molecule has 82 valence electrons. The summed E-state index contributed by atoms with van der Waals surface area (Å²) in [6.07, 6.45) is 0.800. The smallest absolute Gasteiger partial charge is 0.211 e. The number of hydrogen-bond acceptors (Lipinski definition) is 2. The van der Waals surface area contributed by atoms with E-state index in [-0.39, 0.29) is 0 Å². The second-order valence-corrected chi connectivity index (χ2v) is 6.56. The molecule has 1 atom stereocenters. The average molecular weight is 290 g/mol. The summed E-state index contributed by atoms with van der Waals surface area (Å²) in [4.78, 5) is 0.404. The molecule has 0 amide bonds. The van der Waals surface area contributed by atoms with Crippen LogP contribution < -0.4 is 4.72 Å². The lowest BCUT2D eigenvalue weighted by Gasteiger charge is -2.06. The summed E-state index contributed by atoms with van der Waals surface area (Å²) in [7, 11) is -3.31. The second-order valence-electron chi connectivity index (χ2n) is 3.91. The molecule has 0 spiro atoms. The van der Waals surface area contributed by atoms with Crippen LogP contribution in [0.1, 0.15) is 12.5 Å². The van der Waals surface area contributed by atoms with E-state index in [1.807, 2.05) is 19.1 Å². The first-order valence-electron chi connectivity index (χ1n) is 4.77. The minimum Gasteiger partial charge on any atom is -0.211 e. The average Bonchev–Trinajstić information content (AvgIpc) is 2.27. The lowest BCUT2D eigenvalue weighted by molar-refractivity contribution is 0.552. The van der Waals surface area contributed by atoms with Crippen molar-refractivity contribution in [3.63, 3.8) is 0 Å². The Hall–Kier alpha value is -0.390. The lowest BCUT2D eigenvalue weighted by Crippen LogP contribution is -2.26. The number of sulfonamides is 1. The van der Waals surface area contributed by atoms with Crippen LogP contribution in [0, 0.1) is 5.92 Å². The Labute approximate surface area is 98.1 Å². The highest BCUT2D eigenvalue weighted by atomic mass is 79.9. The highest BCUT2D eigenvalue weighted by Gasteiger charge is 2.24. The Morgan fingerprint density at radius 1 is 1.47 bits per heavy atom. The van der Waals surface area contributed by atoms with Gasteiger partial charge in [0.1, 0.15) is 0 Å². The van der Waals surface area contributed by atoms with Gasteiger partial charge in [0.05, 0.1) is 4.90 Å². The van der Waals surface area contributed by atoms with Crippen LogP contribution in [-0.2, 0) is 16.4 Å². The van der Waals surface area contributed by atoms with Crippen LogP contribution in [0.5, 0.6) is 0 Å². The number of benzene rings is 1. The molecule has 0 unspecified atom stereocenters. The van der Waals surface area contributed by atoms with Gasteiger partial charge in [-0.3, -0.25) is 0 Å². The van der Waals surface area contributed by atoms with E-state index in [0.717, 1.165) is 16.5 Å². The van der Waals surface area contributed by atoms with Crippen LogP contribution in [-0.4, -0.2) is 15.0 Å². The third-order valence-corrected chi connectivity index (χ3v) is 4.51. The van der Waals surface area contributed by atoms with Crippen molar-refractivity contribution in [1.29, 1.82) is 0 Å². The maximum atomic E-state index is 11.9. The summed E-state index contributed by atoms with van der Waals surface area (Å²) in [6, 6.07) is 5.42. The van der Waals surface area contributed by atoms with Crippen LogP contribution in [0.15, 0.2) is 27.6 Å². The van der Waals surface area contributed by atoms with Crippen molar-refractivity contribution in [2.75, 3.05) is 6.54 Å². The molecule has 0 saturated carbocycles. The van der Waals surface area contributed by atoms with Gasteiger partial charge in [0, 0.05) is 11.0 Å². The van der Waals surface area contributed by atoms with Gasteiger partial charge in [0.2, 0.25) is 10.0 Å². The third kappa shape index (κ3) is 2.24. The molecule has 1 aliphatic rings. The van der Waals surface area contributed by atoms with Crippen molar-refractivity contribution in [2.45, 2.75) is 18.2 Å². The maximum Gasteiger partial charge on any atom is 0.240 e. The fourth-order valence-electron chi connectivity index (χ4n) is 1.72. The van der Waals surface area contributed by atoms with Crippen LogP contribution in [0.3, 0.4) is 0 Å². The fraction of sp³-hybridized carbons (Fsp3) is 0.400. The van der Waals surface area contributed by atoms with Crippen molar-refractivity contribution < 1.29 is 8.42 Å². The lowest BCUT2D eigenvalue weighted by atomic mass is 10.0. The molecule has 0 radical (unpaired) electrons. The van der Waals surface area contributed by atoms with E-state index < -0.39 is 10.0 Å². The predicted octanol–water partition coefficient (Wildman–Crippen LogP) is 1.92. The SMILES string of the molecule is C[C@@H]1CNS(=O)(=O)c2cc(Br)ccc2C1. The van der Waals surface area contributed by atoms with Gasteiger partial charge in [-0.05, 0) is 30.0 Å². The zero-order valence-electron chi connectivity index (χ0n) is 8.33. The summed E-state index contributed by atoms with van der Waals surface area (Å²) in [5, 5.41) is 0. The van der Waals surface area contributed by atoms with E-state index >= 15 is 0 Å². The molecule has 15 heavy (non-hydrogen) atoms. The Balaban J connectivity index is 2.61. The van der Waals surface area contributed by atoms with E-state index in [2.05, 4.69) is 20.7 Å². The normalized spacial score (nSPS) is 24.3. The number of fused-ring (bicyclic) bond motifs is 1. The van der Waals surface area contributed by atoms with Gasteiger partial charge in [-0.2, -0.15) is 0 Å². The number of halogens is 1. The fourth-order valence-corrected chi connectivity index (χ4v) is 3.68. The molecule has 0 aromatic heterocycles. The summed E-state index contributed by atoms with van der Waals surface area (Å²) < 4.78 is 27.1. The van der Waals surface area contributed by atoms with Crippen LogP contribution in [0.4, 0.5) is 0 Å². The highest BCUT2D eigenvalue weighted by Crippen LogP contribution is 2.25. The number of nitrogens with one attached hydrogen (secondary N) is 1. The highest BCUT2D eigenvalue weighted by molar-refractivity contribution is 9.10. The standard InChI is InChI=1S/C10H12BrNO2S/c1-7-4-8-2-3-9(11)5-10(8)15(13,14)12-6-7/h2-3,5,7,12H,4,6H2,1H3/t7-/m0/s1. The molecule has 1 N–H and O–H groups in total. The van der Waals surface area contributed by atoms with Crippen LogP contribution in [0.2, 0.25) is 0 Å². The quantitative estimate of drug-likeness (QED) is 0.793. The first kappa shape index (κ1) is 11.1. The molecule has 5 heteroatoms. The Kier molecular flexibility index (Phi) is 2.87. The minimum atomic E-state index is -3.31. The van der Waals surface area contributed by atoms with Gasteiger partial charge in [-0.15, -0.1) is 0 Å². The molecule has 0 saturated heterocycles. The van der Waals surface area contributed by atoms with Gasteiger partial charge in [0.25, 0.3) is 0 Å². The van der Waals surface area contributed by atoms with Gasteiger partial charge in [-0.1, -0.05) is 28.9 Å². The molecule has 1 aliphatic heterocycles. The topological polar surface area (TPSA) is 46.2 Å². The first-order chi connectivity index (χ1) is 6.99. The molecule has 0 bridgehead atoms. The molecule has 0 fully saturated rings. The maximum absolute atomic E-state index is 11.9. The summed E-state index contributed by atoms with van der Waals surface area (Å²) >= 11 is 3.29. The largest absolute Gasteiger partial charge is 0.240 e. The molecular weight excluding hydrogens is 278 g/mol. The Morgan fingerprint density at radius 3 is 2.93 bits per heavy atom. The van der Waals surface area contributed by atoms with Crippen molar-refractivity contribution in [3.8, 4) is 0 Å². The third-order valence-electron chi connectivity index (χ3n) is 2.51. The second kappa shape index (κ2) is 3.88. The molecule has 1 heterocycles. The van der Waals surface area contributed by atoms with Gasteiger partial charge in [0.15, 0.2) is 0 Å². The minimum absolute atomic E-state index is 0.335. The summed E-state index contributed by atoms with van der Waals surface area (Å²) in [6.45, 7) is 2.55. The zero-order chi connectivity index (χ0) is 11.1. The molecule has 3 nitrogen and oxygen atoms in total. The molecule has 1 aromatic carbocycles. The summed E-state index contributed by atoms with van der Waals surface area (Å²) in [5.41, 5.74) is 0.899. The molecule has 0 aliphatic carbocycles. The Bertz CT molecular complexity index is 484. The van der Waals surface area contributed by atoms with E-state index in [9.17, 15) is 8.42 Å². The van der Waals surface area contributed by atoms with Crippen molar-refractivity contribution in [3.05, 3.63) is 28.2 Å². The molecule has 1 aromatic rings. The van der Waals surface area contributed by atoms with Crippen LogP contribution >= 0.6 is 15.9 Å². The van der Waals surface area contributed by atoms with Gasteiger partial charge >= 0.3 is 0 Å². The molecular formula is C10H12BrNO2S. The van der Waals surface area contributed by atoms with Crippen molar-refractivity contribution >= 4 is 26.0 Å².